The highest BCUT2D eigenvalue weighted by atomic mass is 19.1. The van der Waals surface area contributed by atoms with Crippen LogP contribution < -0.4 is 5.32 Å². The Bertz CT molecular complexity index is 363. The van der Waals surface area contributed by atoms with E-state index < -0.39 is 11.6 Å². The average Bonchev–Trinajstić information content (AvgIpc) is 2.42. The molecule has 0 saturated heterocycles. The second-order valence-corrected chi connectivity index (χ2v) is 3.87. The van der Waals surface area contributed by atoms with Crippen LogP contribution in [0.15, 0.2) is 12.1 Å². The fourth-order valence-electron chi connectivity index (χ4n) is 2.28. The maximum Gasteiger partial charge on any atom is 0.129 e. The zero-order chi connectivity index (χ0) is 10.3. The number of halogens is 2. The molecular weight excluding hydrogens is 184 g/mol. The van der Waals surface area contributed by atoms with Gasteiger partial charge in [-0.1, -0.05) is 6.92 Å². The minimum absolute atomic E-state index is 0.0881. The first kappa shape index (κ1) is 9.59. The molecule has 2 rings (SSSR count). The molecular formula is C11H13F2N. The number of fused-ring (bicyclic) bond motifs is 1. The SMILES string of the molecule is CNC1CC(C)c2c(F)cc(F)cc21. The number of hydrogen-bond donors (Lipinski definition) is 1. The molecule has 0 bridgehead atoms. The molecule has 14 heavy (non-hydrogen) atoms. The van der Waals surface area contributed by atoms with Crippen LogP contribution in [0.25, 0.3) is 0 Å². The van der Waals surface area contributed by atoms with Crippen LogP contribution in [-0.2, 0) is 0 Å². The van der Waals surface area contributed by atoms with Crippen molar-refractivity contribution in [2.45, 2.75) is 25.3 Å². The van der Waals surface area contributed by atoms with Gasteiger partial charge in [0.2, 0.25) is 0 Å². The smallest absolute Gasteiger partial charge is 0.129 e. The topological polar surface area (TPSA) is 12.0 Å². The predicted molar refractivity (Wildman–Crippen MR) is 51.2 cm³/mol. The van der Waals surface area contributed by atoms with E-state index in [0.29, 0.717) is 5.56 Å². The van der Waals surface area contributed by atoms with E-state index in [2.05, 4.69) is 5.32 Å². The minimum atomic E-state index is -0.490. The predicted octanol–water partition coefficient (Wildman–Crippen LogP) is 2.73. The van der Waals surface area contributed by atoms with Gasteiger partial charge in [0.1, 0.15) is 11.6 Å². The Hall–Kier alpha value is -0.960. The molecule has 1 aliphatic carbocycles. The summed E-state index contributed by atoms with van der Waals surface area (Å²) in [6.07, 6.45) is 0.839. The molecule has 1 aromatic carbocycles. The lowest BCUT2D eigenvalue weighted by Crippen LogP contribution is -2.13. The second kappa shape index (κ2) is 3.31. The van der Waals surface area contributed by atoms with Crippen LogP contribution in [0.3, 0.4) is 0 Å². The van der Waals surface area contributed by atoms with Gasteiger partial charge in [-0.05, 0) is 36.6 Å². The van der Waals surface area contributed by atoms with Crippen molar-refractivity contribution in [3.8, 4) is 0 Å². The third-order valence-electron chi connectivity index (χ3n) is 2.93. The van der Waals surface area contributed by atoms with E-state index in [-0.39, 0.29) is 12.0 Å². The first-order chi connectivity index (χ1) is 6.63. The Morgan fingerprint density at radius 3 is 2.71 bits per heavy atom. The summed E-state index contributed by atoms with van der Waals surface area (Å²) in [6, 6.07) is 2.49. The lowest BCUT2D eigenvalue weighted by atomic mass is 10.0. The zero-order valence-electron chi connectivity index (χ0n) is 8.27. The van der Waals surface area contributed by atoms with Crippen LogP contribution in [0.4, 0.5) is 8.78 Å². The summed E-state index contributed by atoms with van der Waals surface area (Å²) in [7, 11) is 1.81. The number of nitrogens with one attached hydrogen (secondary N) is 1. The van der Waals surface area contributed by atoms with Crippen molar-refractivity contribution in [2.75, 3.05) is 7.05 Å². The van der Waals surface area contributed by atoms with Crippen LogP contribution in [0.5, 0.6) is 0 Å². The van der Waals surface area contributed by atoms with Crippen LogP contribution in [-0.4, -0.2) is 7.05 Å². The molecule has 2 unspecified atom stereocenters. The summed E-state index contributed by atoms with van der Waals surface area (Å²) in [5, 5.41) is 3.07. The van der Waals surface area contributed by atoms with Crippen molar-refractivity contribution in [3.63, 3.8) is 0 Å². The van der Waals surface area contributed by atoms with Crippen LogP contribution in [0, 0.1) is 11.6 Å². The van der Waals surface area contributed by atoms with Crippen molar-refractivity contribution >= 4 is 0 Å². The van der Waals surface area contributed by atoms with E-state index in [4.69, 9.17) is 0 Å². The van der Waals surface area contributed by atoms with Gasteiger partial charge in [0, 0.05) is 12.1 Å². The standard InChI is InChI=1S/C11H13F2N/c1-6-3-10(14-2)8-4-7(12)5-9(13)11(6)8/h4-6,10,14H,3H2,1-2H3. The van der Waals surface area contributed by atoms with Gasteiger partial charge in [-0.2, -0.15) is 0 Å². The largest absolute Gasteiger partial charge is 0.313 e. The van der Waals surface area contributed by atoms with Crippen molar-refractivity contribution in [1.29, 1.82) is 0 Å². The van der Waals surface area contributed by atoms with E-state index >= 15 is 0 Å². The molecule has 0 radical (unpaired) electrons. The molecule has 0 saturated carbocycles. The van der Waals surface area contributed by atoms with Crippen LogP contribution in [0.1, 0.15) is 36.4 Å². The molecule has 0 aromatic heterocycles. The molecule has 0 fully saturated rings. The Kier molecular flexibility index (Phi) is 2.27. The van der Waals surface area contributed by atoms with Gasteiger partial charge in [-0.15, -0.1) is 0 Å². The highest BCUT2D eigenvalue weighted by molar-refractivity contribution is 5.39. The average molecular weight is 197 g/mol. The highest BCUT2D eigenvalue weighted by Gasteiger charge is 2.30. The quantitative estimate of drug-likeness (QED) is 0.730. The summed E-state index contributed by atoms with van der Waals surface area (Å²) in [4.78, 5) is 0. The molecule has 0 heterocycles. The number of rotatable bonds is 1. The summed E-state index contributed by atoms with van der Waals surface area (Å²) < 4.78 is 26.4. The highest BCUT2D eigenvalue weighted by Crippen LogP contribution is 2.41. The monoisotopic (exact) mass is 197 g/mol. The molecule has 1 N–H and O–H groups in total. The van der Waals surface area contributed by atoms with Gasteiger partial charge in [0.25, 0.3) is 0 Å². The van der Waals surface area contributed by atoms with E-state index in [1.165, 1.54) is 6.07 Å². The van der Waals surface area contributed by atoms with Gasteiger partial charge >= 0.3 is 0 Å². The molecule has 0 amide bonds. The number of benzene rings is 1. The summed E-state index contributed by atoms with van der Waals surface area (Å²) in [5.74, 6) is -0.732. The first-order valence-electron chi connectivity index (χ1n) is 4.79. The lowest BCUT2D eigenvalue weighted by molar-refractivity contribution is 0.546. The Balaban J connectivity index is 2.56. The van der Waals surface area contributed by atoms with E-state index in [1.54, 1.807) is 0 Å². The van der Waals surface area contributed by atoms with Crippen molar-refractivity contribution in [1.82, 2.24) is 5.32 Å². The summed E-state index contributed by atoms with van der Waals surface area (Å²) in [6.45, 7) is 1.97. The van der Waals surface area contributed by atoms with Gasteiger partial charge in [0.05, 0.1) is 0 Å². The second-order valence-electron chi connectivity index (χ2n) is 3.87. The maximum absolute atomic E-state index is 13.4. The van der Waals surface area contributed by atoms with Crippen molar-refractivity contribution in [3.05, 3.63) is 34.9 Å². The molecule has 0 aliphatic heterocycles. The molecule has 1 aromatic rings. The number of hydrogen-bond acceptors (Lipinski definition) is 1. The van der Waals surface area contributed by atoms with E-state index in [9.17, 15) is 8.78 Å². The van der Waals surface area contributed by atoms with E-state index in [1.807, 2.05) is 14.0 Å². The van der Waals surface area contributed by atoms with Gasteiger partial charge in [-0.25, -0.2) is 8.78 Å². The van der Waals surface area contributed by atoms with Crippen LogP contribution in [0.2, 0.25) is 0 Å². The molecule has 0 spiro atoms. The zero-order valence-corrected chi connectivity index (χ0v) is 8.27. The van der Waals surface area contributed by atoms with Crippen molar-refractivity contribution in [2.24, 2.45) is 0 Å². The fourth-order valence-corrected chi connectivity index (χ4v) is 2.28. The third kappa shape index (κ3) is 1.32. The van der Waals surface area contributed by atoms with Crippen LogP contribution >= 0.6 is 0 Å². The normalized spacial score (nSPS) is 25.1. The van der Waals surface area contributed by atoms with E-state index in [0.717, 1.165) is 18.1 Å². The minimum Gasteiger partial charge on any atom is -0.313 e. The molecule has 3 heteroatoms. The molecule has 1 aliphatic rings. The van der Waals surface area contributed by atoms with Gasteiger partial charge in [0.15, 0.2) is 0 Å². The first-order valence-corrected chi connectivity index (χ1v) is 4.79. The summed E-state index contributed by atoms with van der Waals surface area (Å²) >= 11 is 0. The third-order valence-corrected chi connectivity index (χ3v) is 2.93. The van der Waals surface area contributed by atoms with Crippen molar-refractivity contribution < 1.29 is 8.78 Å². The Labute approximate surface area is 82.1 Å². The lowest BCUT2D eigenvalue weighted by Gasteiger charge is -2.09. The summed E-state index contributed by atoms with van der Waals surface area (Å²) in [5.41, 5.74) is 1.45. The Morgan fingerprint density at radius 2 is 2.07 bits per heavy atom. The van der Waals surface area contributed by atoms with Gasteiger partial charge < -0.3 is 5.32 Å². The fraction of sp³-hybridized carbons (Fsp3) is 0.455. The molecule has 76 valence electrons. The molecule has 2 atom stereocenters. The Morgan fingerprint density at radius 1 is 1.36 bits per heavy atom. The van der Waals surface area contributed by atoms with Gasteiger partial charge in [-0.3, -0.25) is 0 Å². The maximum atomic E-state index is 13.4. The molecule has 1 nitrogen and oxygen atoms in total.